The fourth-order valence-electron chi connectivity index (χ4n) is 1.67. The number of furan rings is 1. The molecule has 2 nitrogen and oxygen atoms in total. The smallest absolute Gasteiger partial charge is 0.172 e. The maximum atomic E-state index is 13.9. The van der Waals surface area contributed by atoms with Crippen molar-refractivity contribution in [1.82, 2.24) is 5.32 Å². The fraction of sp³-hybridized carbons (Fsp3) is 0.333. The van der Waals surface area contributed by atoms with E-state index in [1.807, 2.05) is 6.92 Å². The highest BCUT2D eigenvalue weighted by atomic mass is 19.1. The highest BCUT2D eigenvalue weighted by Crippen LogP contribution is 2.25. The third-order valence-electron chi connectivity index (χ3n) is 2.73. The van der Waals surface area contributed by atoms with Crippen molar-refractivity contribution >= 4 is 11.0 Å². The van der Waals surface area contributed by atoms with E-state index in [4.69, 9.17) is 4.42 Å². The van der Waals surface area contributed by atoms with Crippen molar-refractivity contribution in [1.29, 1.82) is 0 Å². The van der Waals surface area contributed by atoms with E-state index < -0.39 is 11.6 Å². The first-order chi connectivity index (χ1) is 7.63. The Hall–Kier alpha value is -1.42. The van der Waals surface area contributed by atoms with Crippen molar-refractivity contribution in [2.24, 2.45) is 0 Å². The Morgan fingerprint density at radius 1 is 1.44 bits per heavy atom. The van der Waals surface area contributed by atoms with E-state index in [1.54, 1.807) is 13.1 Å². The lowest BCUT2D eigenvalue weighted by Crippen LogP contribution is -2.24. The summed E-state index contributed by atoms with van der Waals surface area (Å²) in [5.41, 5.74) is 0.198. The Morgan fingerprint density at radius 3 is 2.88 bits per heavy atom. The lowest BCUT2D eigenvalue weighted by Gasteiger charge is -2.11. The van der Waals surface area contributed by atoms with Gasteiger partial charge in [-0.25, -0.2) is 8.78 Å². The number of hydrogen-bond donors (Lipinski definition) is 1. The monoisotopic (exact) mass is 225 g/mol. The zero-order valence-corrected chi connectivity index (χ0v) is 9.18. The first-order valence-electron chi connectivity index (χ1n) is 5.14. The minimum atomic E-state index is -0.595. The fourth-order valence-corrected chi connectivity index (χ4v) is 1.67. The average molecular weight is 225 g/mol. The van der Waals surface area contributed by atoms with Crippen LogP contribution in [0.25, 0.3) is 11.0 Å². The third kappa shape index (κ3) is 1.80. The van der Waals surface area contributed by atoms with Crippen LogP contribution in [-0.4, -0.2) is 13.1 Å². The number of likely N-dealkylation sites (N-methyl/N-ethyl adjacent to an activating group) is 1. The second-order valence-electron chi connectivity index (χ2n) is 3.88. The zero-order chi connectivity index (χ0) is 11.7. The normalized spacial score (nSPS) is 13.2. The van der Waals surface area contributed by atoms with Gasteiger partial charge in [-0.1, -0.05) is 0 Å². The Morgan fingerprint density at radius 2 is 2.19 bits per heavy atom. The van der Waals surface area contributed by atoms with Crippen LogP contribution in [0.2, 0.25) is 0 Å². The summed E-state index contributed by atoms with van der Waals surface area (Å²) >= 11 is 0. The molecule has 0 bridgehead atoms. The van der Waals surface area contributed by atoms with Gasteiger partial charge in [-0.3, -0.25) is 0 Å². The van der Waals surface area contributed by atoms with Gasteiger partial charge < -0.3 is 9.73 Å². The van der Waals surface area contributed by atoms with Gasteiger partial charge in [0.2, 0.25) is 0 Å². The lowest BCUT2D eigenvalue weighted by molar-refractivity contribution is 0.509. The van der Waals surface area contributed by atoms with Gasteiger partial charge in [0.15, 0.2) is 11.4 Å². The van der Waals surface area contributed by atoms with Crippen molar-refractivity contribution in [2.75, 3.05) is 7.05 Å². The molecule has 2 aromatic rings. The number of rotatable bonds is 3. The van der Waals surface area contributed by atoms with E-state index in [1.165, 1.54) is 12.3 Å². The van der Waals surface area contributed by atoms with Crippen LogP contribution in [0.15, 0.2) is 22.8 Å². The molecule has 4 heteroatoms. The molecule has 1 atom stereocenters. The van der Waals surface area contributed by atoms with Gasteiger partial charge in [-0.05, 0) is 32.5 Å². The van der Waals surface area contributed by atoms with E-state index in [2.05, 4.69) is 5.32 Å². The summed E-state index contributed by atoms with van der Waals surface area (Å²) in [6, 6.07) is 2.86. The second kappa shape index (κ2) is 4.22. The number of benzene rings is 1. The minimum Gasteiger partial charge on any atom is -0.461 e. The van der Waals surface area contributed by atoms with E-state index in [0.717, 1.165) is 0 Å². The Kier molecular flexibility index (Phi) is 2.92. The van der Waals surface area contributed by atoms with Crippen LogP contribution < -0.4 is 5.32 Å². The van der Waals surface area contributed by atoms with Gasteiger partial charge in [-0.15, -0.1) is 0 Å². The maximum Gasteiger partial charge on any atom is 0.172 e. The molecule has 0 fully saturated rings. The van der Waals surface area contributed by atoms with E-state index in [9.17, 15) is 8.78 Å². The molecular formula is C12H13F2NO. The molecule has 0 saturated heterocycles. The topological polar surface area (TPSA) is 25.2 Å². The summed E-state index contributed by atoms with van der Waals surface area (Å²) < 4.78 is 32.5. The van der Waals surface area contributed by atoms with E-state index in [-0.39, 0.29) is 17.2 Å². The molecule has 0 amide bonds. The molecule has 16 heavy (non-hydrogen) atoms. The largest absolute Gasteiger partial charge is 0.461 e. The third-order valence-corrected chi connectivity index (χ3v) is 2.73. The van der Waals surface area contributed by atoms with Crippen LogP contribution in [0, 0.1) is 11.6 Å². The number of fused-ring (bicyclic) bond motifs is 1. The summed E-state index contributed by atoms with van der Waals surface area (Å²) in [7, 11) is 1.76. The van der Waals surface area contributed by atoms with Crippen molar-refractivity contribution < 1.29 is 13.2 Å². The van der Waals surface area contributed by atoms with Gasteiger partial charge >= 0.3 is 0 Å². The molecule has 2 rings (SSSR count). The first kappa shape index (κ1) is 11.1. The van der Waals surface area contributed by atoms with Gasteiger partial charge in [0.25, 0.3) is 0 Å². The van der Waals surface area contributed by atoms with Gasteiger partial charge in [0, 0.05) is 17.0 Å². The van der Waals surface area contributed by atoms with Crippen LogP contribution in [-0.2, 0) is 6.42 Å². The van der Waals surface area contributed by atoms with Crippen LogP contribution in [0.1, 0.15) is 12.5 Å². The van der Waals surface area contributed by atoms with Crippen molar-refractivity contribution in [3.05, 3.63) is 35.6 Å². The Balaban J connectivity index is 2.50. The summed E-state index contributed by atoms with van der Waals surface area (Å²) in [6.07, 6.45) is 1.66. The van der Waals surface area contributed by atoms with E-state index in [0.29, 0.717) is 11.8 Å². The van der Waals surface area contributed by atoms with Crippen molar-refractivity contribution in [3.63, 3.8) is 0 Å². The lowest BCUT2D eigenvalue weighted by atomic mass is 10.0. The second-order valence-corrected chi connectivity index (χ2v) is 3.88. The highest BCUT2D eigenvalue weighted by molar-refractivity contribution is 5.78. The molecule has 0 aliphatic rings. The molecule has 1 heterocycles. The SMILES string of the molecule is CN[C@H](C)Cc1c(F)cc2ccoc2c1F. The number of halogens is 2. The Labute approximate surface area is 92.2 Å². The highest BCUT2D eigenvalue weighted by Gasteiger charge is 2.17. The molecule has 1 aromatic carbocycles. The van der Waals surface area contributed by atoms with Crippen LogP contribution in [0.5, 0.6) is 0 Å². The number of nitrogens with one attached hydrogen (secondary N) is 1. The van der Waals surface area contributed by atoms with Crippen molar-refractivity contribution in [3.8, 4) is 0 Å². The predicted molar refractivity (Wildman–Crippen MR) is 58.4 cm³/mol. The quantitative estimate of drug-likeness (QED) is 0.868. The average Bonchev–Trinajstić information content (AvgIpc) is 2.71. The standard InChI is InChI=1S/C12H13F2NO/c1-7(15-2)5-9-10(13)6-8-3-4-16-12(8)11(9)14/h3-4,6-7,15H,5H2,1-2H3/t7-/m1/s1. The summed E-state index contributed by atoms with van der Waals surface area (Å²) in [5.74, 6) is -1.12. The Bertz CT molecular complexity index is 507. The van der Waals surface area contributed by atoms with Crippen LogP contribution in [0.3, 0.4) is 0 Å². The molecule has 86 valence electrons. The zero-order valence-electron chi connectivity index (χ0n) is 9.18. The number of hydrogen-bond acceptors (Lipinski definition) is 2. The van der Waals surface area contributed by atoms with Gasteiger partial charge in [0.05, 0.1) is 6.26 Å². The molecule has 1 aromatic heterocycles. The molecular weight excluding hydrogens is 212 g/mol. The summed E-state index contributed by atoms with van der Waals surface area (Å²) in [5, 5.41) is 3.40. The van der Waals surface area contributed by atoms with Gasteiger partial charge in [-0.2, -0.15) is 0 Å². The molecule has 0 aliphatic heterocycles. The summed E-state index contributed by atoms with van der Waals surface area (Å²) in [4.78, 5) is 0. The maximum absolute atomic E-state index is 13.9. The molecule has 1 N–H and O–H groups in total. The van der Waals surface area contributed by atoms with Crippen LogP contribution >= 0.6 is 0 Å². The minimum absolute atomic E-state index is 0.0106. The van der Waals surface area contributed by atoms with Gasteiger partial charge in [0.1, 0.15) is 5.82 Å². The molecule has 0 radical (unpaired) electrons. The van der Waals surface area contributed by atoms with Crippen molar-refractivity contribution in [2.45, 2.75) is 19.4 Å². The molecule has 0 saturated carbocycles. The van der Waals surface area contributed by atoms with E-state index >= 15 is 0 Å². The molecule has 0 spiro atoms. The molecule has 0 unspecified atom stereocenters. The van der Waals surface area contributed by atoms with Crippen LogP contribution in [0.4, 0.5) is 8.78 Å². The summed E-state index contributed by atoms with van der Waals surface area (Å²) in [6.45, 7) is 1.87. The molecule has 0 aliphatic carbocycles. The first-order valence-corrected chi connectivity index (χ1v) is 5.14. The predicted octanol–water partition coefficient (Wildman–Crippen LogP) is 2.86.